The van der Waals surface area contributed by atoms with Gasteiger partial charge in [-0.2, -0.15) is 0 Å². The minimum atomic E-state index is -0.359. The molecule has 4 aromatic rings. The van der Waals surface area contributed by atoms with Crippen molar-refractivity contribution in [2.75, 3.05) is 7.11 Å². The predicted molar refractivity (Wildman–Crippen MR) is 113 cm³/mol. The summed E-state index contributed by atoms with van der Waals surface area (Å²) in [6, 6.07) is 26.0. The van der Waals surface area contributed by atoms with Gasteiger partial charge in [-0.1, -0.05) is 60.7 Å². The van der Waals surface area contributed by atoms with Crippen LogP contribution in [0, 0.1) is 0 Å². The molecule has 0 N–H and O–H groups in total. The van der Waals surface area contributed by atoms with Gasteiger partial charge in [0.2, 0.25) is 0 Å². The largest absolute Gasteiger partial charge is 0.497 e. The zero-order chi connectivity index (χ0) is 19.3. The molecule has 4 rings (SSSR count). The summed E-state index contributed by atoms with van der Waals surface area (Å²) in [6.07, 6.45) is 3.24. The Kier molecular flexibility index (Phi) is 5.07. The number of rotatable bonds is 5. The second-order valence-corrected chi connectivity index (χ2v) is 6.55. The third-order valence-electron chi connectivity index (χ3n) is 4.73. The number of hydrogen-bond acceptors (Lipinski definition) is 3. The SMILES string of the molecule is COc1ccc2cc(/C=C/C(=O)OCc3cccc4ccccc34)ccc2c1. The molecule has 0 saturated heterocycles. The van der Waals surface area contributed by atoms with Crippen molar-refractivity contribution in [3.05, 3.63) is 96.1 Å². The third-order valence-corrected chi connectivity index (χ3v) is 4.73. The van der Waals surface area contributed by atoms with Crippen molar-refractivity contribution >= 4 is 33.6 Å². The van der Waals surface area contributed by atoms with Gasteiger partial charge in [-0.25, -0.2) is 4.79 Å². The fourth-order valence-electron chi connectivity index (χ4n) is 3.25. The summed E-state index contributed by atoms with van der Waals surface area (Å²) in [7, 11) is 1.65. The summed E-state index contributed by atoms with van der Waals surface area (Å²) < 4.78 is 10.7. The molecule has 0 saturated carbocycles. The summed E-state index contributed by atoms with van der Waals surface area (Å²) in [5, 5.41) is 4.42. The molecule has 0 atom stereocenters. The Bertz CT molecular complexity index is 1170. The zero-order valence-electron chi connectivity index (χ0n) is 15.6. The van der Waals surface area contributed by atoms with Crippen LogP contribution >= 0.6 is 0 Å². The Balaban J connectivity index is 1.44. The fraction of sp³-hybridized carbons (Fsp3) is 0.0800. The number of hydrogen-bond donors (Lipinski definition) is 0. The molecule has 0 amide bonds. The van der Waals surface area contributed by atoms with Crippen LogP contribution < -0.4 is 4.74 Å². The molecule has 0 aliphatic rings. The van der Waals surface area contributed by atoms with Crippen LogP contribution in [-0.2, 0) is 16.1 Å². The van der Waals surface area contributed by atoms with Gasteiger partial charge in [-0.15, -0.1) is 0 Å². The maximum Gasteiger partial charge on any atom is 0.331 e. The van der Waals surface area contributed by atoms with E-state index in [9.17, 15) is 4.79 Å². The molecule has 28 heavy (non-hydrogen) atoms. The van der Waals surface area contributed by atoms with Crippen LogP contribution in [0.5, 0.6) is 5.75 Å². The van der Waals surface area contributed by atoms with E-state index in [2.05, 4.69) is 12.1 Å². The highest BCUT2D eigenvalue weighted by molar-refractivity contribution is 5.90. The molecular weight excluding hydrogens is 348 g/mol. The molecule has 0 aromatic heterocycles. The van der Waals surface area contributed by atoms with Crippen LogP contribution in [0.4, 0.5) is 0 Å². The van der Waals surface area contributed by atoms with Crippen molar-refractivity contribution in [2.45, 2.75) is 6.61 Å². The van der Waals surface area contributed by atoms with Gasteiger partial charge in [-0.3, -0.25) is 0 Å². The van der Waals surface area contributed by atoms with Gasteiger partial charge >= 0.3 is 5.97 Å². The molecule has 0 aliphatic carbocycles. The van der Waals surface area contributed by atoms with E-state index >= 15 is 0 Å². The minimum Gasteiger partial charge on any atom is -0.497 e. The fourth-order valence-corrected chi connectivity index (χ4v) is 3.25. The van der Waals surface area contributed by atoms with E-state index in [-0.39, 0.29) is 12.6 Å². The lowest BCUT2D eigenvalue weighted by Gasteiger charge is -2.06. The average Bonchev–Trinajstić information content (AvgIpc) is 2.75. The van der Waals surface area contributed by atoms with Crippen molar-refractivity contribution < 1.29 is 14.3 Å². The molecule has 0 aliphatic heterocycles. The molecule has 3 nitrogen and oxygen atoms in total. The van der Waals surface area contributed by atoms with Crippen molar-refractivity contribution in [2.24, 2.45) is 0 Å². The first-order valence-corrected chi connectivity index (χ1v) is 9.12. The number of benzene rings is 4. The van der Waals surface area contributed by atoms with Crippen LogP contribution in [0.2, 0.25) is 0 Å². The Morgan fingerprint density at radius 1 is 0.857 bits per heavy atom. The Morgan fingerprint density at radius 3 is 2.54 bits per heavy atom. The van der Waals surface area contributed by atoms with E-state index in [0.29, 0.717) is 0 Å². The van der Waals surface area contributed by atoms with Crippen LogP contribution in [0.25, 0.3) is 27.6 Å². The van der Waals surface area contributed by atoms with Gasteiger partial charge in [0, 0.05) is 6.08 Å². The topological polar surface area (TPSA) is 35.5 Å². The molecule has 0 heterocycles. The quantitative estimate of drug-likeness (QED) is 0.332. The maximum absolute atomic E-state index is 12.1. The molecule has 0 spiro atoms. The highest BCUT2D eigenvalue weighted by Gasteiger charge is 2.04. The van der Waals surface area contributed by atoms with Crippen LogP contribution in [0.3, 0.4) is 0 Å². The molecule has 0 fully saturated rings. The number of esters is 1. The molecule has 3 heteroatoms. The predicted octanol–water partition coefficient (Wildman–Crippen LogP) is 5.76. The maximum atomic E-state index is 12.1. The summed E-state index contributed by atoms with van der Waals surface area (Å²) >= 11 is 0. The summed E-state index contributed by atoms with van der Waals surface area (Å²) in [5.74, 6) is 0.468. The van der Waals surface area contributed by atoms with E-state index in [1.807, 2.05) is 66.7 Å². The van der Waals surface area contributed by atoms with Crippen molar-refractivity contribution in [3.63, 3.8) is 0 Å². The standard InChI is InChI=1S/C25H20O3/c1-27-23-13-12-20-15-18(9-11-21(20)16-23)10-14-25(26)28-17-22-7-4-6-19-5-2-3-8-24(19)22/h2-16H,17H2,1H3/b14-10+. The monoisotopic (exact) mass is 368 g/mol. The molecule has 4 aromatic carbocycles. The van der Waals surface area contributed by atoms with Crippen LogP contribution in [0.15, 0.2) is 84.9 Å². The first kappa shape index (κ1) is 17.8. The van der Waals surface area contributed by atoms with Crippen molar-refractivity contribution in [3.8, 4) is 5.75 Å². The third kappa shape index (κ3) is 3.89. The summed E-state index contributed by atoms with van der Waals surface area (Å²) in [4.78, 5) is 12.1. The second-order valence-electron chi connectivity index (χ2n) is 6.55. The highest BCUT2D eigenvalue weighted by atomic mass is 16.5. The molecule has 0 bridgehead atoms. The normalized spacial score (nSPS) is 11.2. The first-order valence-electron chi connectivity index (χ1n) is 9.12. The van der Waals surface area contributed by atoms with Crippen LogP contribution in [-0.4, -0.2) is 13.1 Å². The molecule has 138 valence electrons. The van der Waals surface area contributed by atoms with Crippen LogP contribution in [0.1, 0.15) is 11.1 Å². The lowest BCUT2D eigenvalue weighted by Crippen LogP contribution is -2.01. The summed E-state index contributed by atoms with van der Waals surface area (Å²) in [5.41, 5.74) is 1.94. The van der Waals surface area contributed by atoms with E-state index in [4.69, 9.17) is 9.47 Å². The van der Waals surface area contributed by atoms with Gasteiger partial charge < -0.3 is 9.47 Å². The minimum absolute atomic E-state index is 0.252. The lowest BCUT2D eigenvalue weighted by atomic mass is 10.1. The van der Waals surface area contributed by atoms with E-state index in [1.165, 1.54) is 6.08 Å². The highest BCUT2D eigenvalue weighted by Crippen LogP contribution is 2.22. The van der Waals surface area contributed by atoms with Gasteiger partial charge in [0.15, 0.2) is 0 Å². The second kappa shape index (κ2) is 7.97. The van der Waals surface area contributed by atoms with E-state index < -0.39 is 0 Å². The molecule has 0 radical (unpaired) electrons. The number of carbonyl (C=O) groups is 1. The van der Waals surface area contributed by atoms with Gasteiger partial charge in [0.1, 0.15) is 12.4 Å². The van der Waals surface area contributed by atoms with Crippen molar-refractivity contribution in [1.82, 2.24) is 0 Å². The lowest BCUT2D eigenvalue weighted by molar-refractivity contribution is -0.138. The Hall–Kier alpha value is -3.59. The Labute approximate surface area is 163 Å². The number of ether oxygens (including phenoxy) is 2. The van der Waals surface area contributed by atoms with Crippen molar-refractivity contribution in [1.29, 1.82) is 0 Å². The van der Waals surface area contributed by atoms with Gasteiger partial charge in [-0.05, 0) is 56.9 Å². The zero-order valence-corrected chi connectivity index (χ0v) is 15.6. The average molecular weight is 368 g/mol. The smallest absolute Gasteiger partial charge is 0.331 e. The summed E-state index contributed by atoms with van der Waals surface area (Å²) in [6.45, 7) is 0.252. The van der Waals surface area contributed by atoms with Gasteiger partial charge in [0.25, 0.3) is 0 Å². The molecular formula is C25H20O3. The number of carbonyl (C=O) groups excluding carboxylic acids is 1. The van der Waals surface area contributed by atoms with Gasteiger partial charge in [0.05, 0.1) is 7.11 Å². The van der Waals surface area contributed by atoms with E-state index in [1.54, 1.807) is 13.2 Å². The Morgan fingerprint density at radius 2 is 1.64 bits per heavy atom. The number of fused-ring (bicyclic) bond motifs is 2. The first-order chi connectivity index (χ1) is 13.7. The molecule has 0 unspecified atom stereocenters. The van der Waals surface area contributed by atoms with E-state index in [0.717, 1.165) is 38.4 Å². The number of methoxy groups -OCH3 is 1.